The second kappa shape index (κ2) is 5.80. The molecule has 5 rings (SSSR count). The van der Waals surface area contributed by atoms with E-state index in [-0.39, 0.29) is 5.78 Å². The Kier molecular flexibility index (Phi) is 3.47. The number of amides is 1. The lowest BCUT2D eigenvalue weighted by Gasteiger charge is -2.44. The number of benzene rings is 3. The van der Waals surface area contributed by atoms with Gasteiger partial charge in [-0.05, 0) is 35.7 Å². The van der Waals surface area contributed by atoms with Crippen LogP contribution in [0, 0.1) is 0 Å². The van der Waals surface area contributed by atoms with Crippen molar-refractivity contribution >= 4 is 23.1 Å². The molecule has 0 spiro atoms. The molecule has 28 heavy (non-hydrogen) atoms. The zero-order valence-electron chi connectivity index (χ0n) is 15.6. The van der Waals surface area contributed by atoms with E-state index < -0.39 is 17.0 Å². The van der Waals surface area contributed by atoms with Gasteiger partial charge in [0.15, 0.2) is 5.66 Å². The number of fused-ring (bicyclic) bond motifs is 3. The number of rotatable bonds is 3. The Hall–Kier alpha value is -3.40. The minimum absolute atomic E-state index is 0.371. The standard InChI is InChI=1S/C24H20N2O2/c1-2-23-19-15-9-10-16-20(19)26(18-13-7-4-8-14-18)24(23,25-22(28)21(23)27)17-11-5-3-6-12-17/h3-16H,2H2,1H3,(H,25,28)/t23-,24-/m0/s1. The van der Waals surface area contributed by atoms with Gasteiger partial charge < -0.3 is 10.2 Å². The van der Waals surface area contributed by atoms with Crippen LogP contribution >= 0.6 is 0 Å². The molecule has 0 radical (unpaired) electrons. The van der Waals surface area contributed by atoms with Crippen molar-refractivity contribution in [3.05, 3.63) is 96.1 Å². The molecule has 3 aromatic rings. The molecule has 2 heterocycles. The Bertz CT molecular complexity index is 1080. The van der Waals surface area contributed by atoms with E-state index in [2.05, 4.69) is 10.2 Å². The molecule has 1 amide bonds. The molecule has 0 aliphatic carbocycles. The summed E-state index contributed by atoms with van der Waals surface area (Å²) < 4.78 is 0. The summed E-state index contributed by atoms with van der Waals surface area (Å²) in [6.45, 7) is 1.99. The van der Waals surface area contributed by atoms with Crippen molar-refractivity contribution in [2.75, 3.05) is 4.90 Å². The predicted octanol–water partition coefficient (Wildman–Crippen LogP) is 4.04. The zero-order chi connectivity index (χ0) is 19.4. The summed E-state index contributed by atoms with van der Waals surface area (Å²) >= 11 is 0. The topological polar surface area (TPSA) is 49.4 Å². The van der Waals surface area contributed by atoms with Gasteiger partial charge in [0, 0.05) is 11.4 Å². The van der Waals surface area contributed by atoms with Gasteiger partial charge in [0.1, 0.15) is 5.41 Å². The van der Waals surface area contributed by atoms with Crippen LogP contribution in [-0.2, 0) is 20.7 Å². The van der Waals surface area contributed by atoms with Crippen LogP contribution < -0.4 is 10.2 Å². The summed E-state index contributed by atoms with van der Waals surface area (Å²) in [6.07, 6.45) is 0.514. The van der Waals surface area contributed by atoms with E-state index in [4.69, 9.17) is 0 Å². The fraction of sp³-hybridized carbons (Fsp3) is 0.167. The fourth-order valence-electron chi connectivity index (χ4n) is 5.10. The van der Waals surface area contributed by atoms with Gasteiger partial charge in [0.05, 0.1) is 0 Å². The van der Waals surface area contributed by atoms with Gasteiger partial charge in [-0.1, -0.05) is 73.7 Å². The summed E-state index contributed by atoms with van der Waals surface area (Å²) in [5.74, 6) is -0.897. The lowest BCUT2D eigenvalue weighted by Crippen LogP contribution is -2.58. The fourth-order valence-corrected chi connectivity index (χ4v) is 5.10. The summed E-state index contributed by atoms with van der Waals surface area (Å²) in [5.41, 5.74) is 1.70. The number of anilines is 2. The third-order valence-corrected chi connectivity index (χ3v) is 6.18. The van der Waals surface area contributed by atoms with Crippen LogP contribution in [0.4, 0.5) is 11.4 Å². The van der Waals surface area contributed by atoms with E-state index in [1.165, 1.54) is 0 Å². The number of hydrogen-bond donors (Lipinski definition) is 1. The molecule has 4 heteroatoms. The number of ketones is 1. The van der Waals surface area contributed by atoms with Gasteiger partial charge in [-0.15, -0.1) is 0 Å². The molecule has 4 nitrogen and oxygen atoms in total. The van der Waals surface area contributed by atoms with Crippen molar-refractivity contribution in [2.24, 2.45) is 0 Å². The largest absolute Gasteiger partial charge is 0.321 e. The van der Waals surface area contributed by atoms with E-state index in [0.717, 1.165) is 22.5 Å². The normalized spacial score (nSPS) is 25.4. The molecular weight excluding hydrogens is 348 g/mol. The van der Waals surface area contributed by atoms with Crippen LogP contribution in [0.1, 0.15) is 24.5 Å². The minimum atomic E-state index is -0.998. The second-order valence-electron chi connectivity index (χ2n) is 7.31. The Morgan fingerprint density at radius 3 is 2.11 bits per heavy atom. The molecule has 138 valence electrons. The monoisotopic (exact) mass is 368 g/mol. The Balaban J connectivity index is 1.94. The highest BCUT2D eigenvalue weighted by Gasteiger charge is 2.72. The summed E-state index contributed by atoms with van der Waals surface area (Å²) in [5, 5.41) is 3.12. The minimum Gasteiger partial charge on any atom is -0.321 e. The molecule has 0 saturated carbocycles. The molecule has 1 fully saturated rings. The third-order valence-electron chi connectivity index (χ3n) is 6.18. The van der Waals surface area contributed by atoms with Crippen LogP contribution in [-0.4, -0.2) is 11.7 Å². The Labute approximate surface area is 163 Å². The van der Waals surface area contributed by atoms with Crippen molar-refractivity contribution in [1.82, 2.24) is 5.32 Å². The molecular formula is C24H20N2O2. The highest BCUT2D eigenvalue weighted by atomic mass is 16.2. The second-order valence-corrected chi connectivity index (χ2v) is 7.31. The number of carbonyl (C=O) groups is 2. The first-order valence-corrected chi connectivity index (χ1v) is 9.54. The maximum Gasteiger partial charge on any atom is 0.290 e. The lowest BCUT2D eigenvalue weighted by molar-refractivity contribution is -0.137. The van der Waals surface area contributed by atoms with Gasteiger partial charge in [0.25, 0.3) is 5.91 Å². The van der Waals surface area contributed by atoms with Crippen LogP contribution in [0.5, 0.6) is 0 Å². The first-order chi connectivity index (χ1) is 13.7. The molecule has 0 aromatic heterocycles. The number of nitrogens with one attached hydrogen (secondary N) is 1. The van der Waals surface area contributed by atoms with E-state index in [1.54, 1.807) is 0 Å². The summed E-state index contributed by atoms with van der Waals surface area (Å²) in [6, 6.07) is 27.7. The van der Waals surface area contributed by atoms with Crippen LogP contribution in [0.25, 0.3) is 0 Å². The average Bonchev–Trinajstić information content (AvgIpc) is 3.14. The molecule has 1 saturated heterocycles. The van der Waals surface area contributed by atoms with Gasteiger partial charge in [-0.3, -0.25) is 9.59 Å². The quantitative estimate of drug-likeness (QED) is 0.710. The number of carbonyl (C=O) groups excluding carboxylic acids is 2. The summed E-state index contributed by atoms with van der Waals surface area (Å²) in [7, 11) is 0. The molecule has 2 aliphatic heterocycles. The van der Waals surface area contributed by atoms with Crippen LogP contribution in [0.2, 0.25) is 0 Å². The Morgan fingerprint density at radius 1 is 0.821 bits per heavy atom. The molecule has 3 aromatic carbocycles. The maximum absolute atomic E-state index is 13.4. The van der Waals surface area contributed by atoms with E-state index in [9.17, 15) is 9.59 Å². The van der Waals surface area contributed by atoms with Crippen LogP contribution in [0.3, 0.4) is 0 Å². The van der Waals surface area contributed by atoms with Crippen molar-refractivity contribution in [2.45, 2.75) is 24.4 Å². The van der Waals surface area contributed by atoms with Gasteiger partial charge in [-0.25, -0.2) is 0 Å². The number of hydrogen-bond acceptors (Lipinski definition) is 3. The van der Waals surface area contributed by atoms with Gasteiger partial charge >= 0.3 is 0 Å². The molecule has 2 aliphatic rings. The highest BCUT2D eigenvalue weighted by Crippen LogP contribution is 2.62. The average molecular weight is 368 g/mol. The molecule has 2 atom stereocenters. The number of para-hydroxylation sites is 2. The van der Waals surface area contributed by atoms with Gasteiger partial charge in [0.2, 0.25) is 5.78 Å². The lowest BCUT2D eigenvalue weighted by atomic mass is 9.67. The summed E-state index contributed by atoms with van der Waals surface area (Å²) in [4.78, 5) is 28.4. The zero-order valence-corrected chi connectivity index (χ0v) is 15.6. The van der Waals surface area contributed by atoms with Gasteiger partial charge in [-0.2, -0.15) is 0 Å². The molecule has 0 unspecified atom stereocenters. The van der Waals surface area contributed by atoms with Crippen molar-refractivity contribution in [3.63, 3.8) is 0 Å². The number of nitrogens with zero attached hydrogens (tertiary/aromatic N) is 1. The van der Waals surface area contributed by atoms with Crippen molar-refractivity contribution in [3.8, 4) is 0 Å². The van der Waals surface area contributed by atoms with Crippen molar-refractivity contribution < 1.29 is 9.59 Å². The van der Waals surface area contributed by atoms with Crippen molar-refractivity contribution in [1.29, 1.82) is 0 Å². The van der Waals surface area contributed by atoms with E-state index in [0.29, 0.717) is 6.42 Å². The van der Waals surface area contributed by atoms with E-state index in [1.807, 2.05) is 91.9 Å². The Morgan fingerprint density at radius 2 is 1.43 bits per heavy atom. The van der Waals surface area contributed by atoms with E-state index >= 15 is 0 Å². The highest BCUT2D eigenvalue weighted by molar-refractivity contribution is 6.43. The third kappa shape index (κ3) is 1.80. The molecule has 1 N–H and O–H groups in total. The van der Waals surface area contributed by atoms with Crippen LogP contribution in [0.15, 0.2) is 84.9 Å². The predicted molar refractivity (Wildman–Crippen MR) is 108 cm³/mol. The smallest absolute Gasteiger partial charge is 0.290 e. The SMILES string of the molecule is CC[C@]12C(=O)C(=O)N[C@@]1(c1ccccc1)N(c1ccccc1)c1ccccc12. The maximum atomic E-state index is 13.4. The first kappa shape index (κ1) is 16.8. The number of Topliss-reactive ketones (excluding diaryl/α,β-unsaturated/α-hetero) is 1. The molecule has 0 bridgehead atoms. The first-order valence-electron chi connectivity index (χ1n) is 9.54.